The van der Waals surface area contributed by atoms with Gasteiger partial charge in [0.25, 0.3) is 5.91 Å². The molecule has 9 rings (SSSR count). The number of carbonyl (C=O) groups excluding carboxylic acids is 4. The van der Waals surface area contributed by atoms with Gasteiger partial charge < -0.3 is 40.9 Å². The second kappa shape index (κ2) is 23.5. The largest absolute Gasteiger partial charge is 0.492 e. The molecule has 1 unspecified atom stereocenters. The van der Waals surface area contributed by atoms with Gasteiger partial charge >= 0.3 is 6.09 Å². The standard InChI is InChI=1S/C56H73N13O9S/c1-32-33(2)65-66-49(32)64-50-40-25-46(79(76,77)56(4,5)6)45(26-42(40)59-31-60-50)78-30-35-20-22-68(23-21-35)47-28-57-43(27-58-47)52(71)61-38-24-44(53(72)62-41-19-13-17-36-14-11-12-18-39(36)41)69(29-38)54(73)48(37-15-9-8-10-16-37)63-51(70)34(3)67(7)55(74)75/h11-12,14,18,25-28,31,34-35,37-38,41,44,48H,8-10,13,15-17,19-24,29-30H2,1-7H3,(H,61,71)(H,62,72)(H,63,70)(H,74,75)(H2,59,60,64,65,66)/t34?,38-,41+,44-,48-/m0/s1. The van der Waals surface area contributed by atoms with E-state index >= 15 is 0 Å². The highest BCUT2D eigenvalue weighted by atomic mass is 32.2. The molecular formula is C56H73N13O9S. The van der Waals surface area contributed by atoms with Crippen LogP contribution in [0.4, 0.5) is 22.2 Å². The zero-order chi connectivity index (χ0) is 56.3. The van der Waals surface area contributed by atoms with E-state index in [4.69, 9.17) is 4.74 Å². The number of aryl methyl sites for hydroxylation is 2. The third kappa shape index (κ3) is 12.3. The fourth-order valence-corrected chi connectivity index (χ4v) is 12.5. The summed E-state index contributed by atoms with van der Waals surface area (Å²) in [6.45, 7) is 11.7. The molecule has 2 aromatic carbocycles. The Kier molecular flexibility index (Phi) is 16.7. The number of rotatable bonds is 16. The average Bonchev–Trinajstić information content (AvgIpc) is 4.06. The lowest BCUT2D eigenvalue weighted by Crippen LogP contribution is -2.59. The molecule has 0 spiro atoms. The molecule has 2 aliphatic heterocycles. The van der Waals surface area contributed by atoms with Crippen LogP contribution >= 0.6 is 0 Å². The van der Waals surface area contributed by atoms with Crippen molar-refractivity contribution in [3.8, 4) is 5.75 Å². The number of ether oxygens (including phenoxy) is 1. The van der Waals surface area contributed by atoms with Crippen molar-refractivity contribution in [3.05, 3.63) is 83.2 Å². The van der Waals surface area contributed by atoms with Gasteiger partial charge in [-0.1, -0.05) is 43.5 Å². The minimum atomic E-state index is -3.89. The predicted octanol–water partition coefficient (Wildman–Crippen LogP) is 6.33. The molecule has 5 heterocycles. The van der Waals surface area contributed by atoms with Crippen molar-refractivity contribution in [2.24, 2.45) is 11.8 Å². The van der Waals surface area contributed by atoms with Crippen LogP contribution in [0.1, 0.15) is 131 Å². The summed E-state index contributed by atoms with van der Waals surface area (Å²) in [4.78, 5) is 91.3. The smallest absolute Gasteiger partial charge is 0.407 e. The first-order valence-corrected chi connectivity index (χ1v) is 28.9. The fourth-order valence-electron chi connectivity index (χ4n) is 11.2. The lowest BCUT2D eigenvalue weighted by Gasteiger charge is -2.36. The highest BCUT2D eigenvalue weighted by Crippen LogP contribution is 2.39. The van der Waals surface area contributed by atoms with Crippen LogP contribution in [0.5, 0.6) is 5.75 Å². The van der Waals surface area contributed by atoms with Gasteiger partial charge in [-0.15, -0.1) is 0 Å². The molecule has 5 aromatic rings. The van der Waals surface area contributed by atoms with E-state index in [2.05, 4.69) is 62.4 Å². The van der Waals surface area contributed by atoms with Crippen molar-refractivity contribution < 1.29 is 42.2 Å². The number of piperidine rings is 1. The van der Waals surface area contributed by atoms with Crippen LogP contribution in [-0.2, 0) is 30.6 Å². The molecule has 79 heavy (non-hydrogen) atoms. The summed E-state index contributed by atoms with van der Waals surface area (Å²) in [7, 11) is -2.59. The molecule has 4 aliphatic rings. The molecule has 1 saturated carbocycles. The highest BCUT2D eigenvalue weighted by molar-refractivity contribution is 7.92. The summed E-state index contributed by atoms with van der Waals surface area (Å²) in [6, 6.07) is 7.24. The molecule has 3 aromatic heterocycles. The summed E-state index contributed by atoms with van der Waals surface area (Å²) < 4.78 is 33.5. The number of H-pyrrole nitrogens is 1. The molecule has 23 heteroatoms. The van der Waals surface area contributed by atoms with E-state index in [9.17, 15) is 37.5 Å². The fraction of sp³-hybridized carbons (Fsp3) is 0.536. The maximum atomic E-state index is 14.9. The number of nitrogens with zero attached hydrogens (tertiary/aromatic N) is 8. The molecule has 422 valence electrons. The van der Waals surface area contributed by atoms with Crippen molar-refractivity contribution in [3.63, 3.8) is 0 Å². The van der Waals surface area contributed by atoms with E-state index < -0.39 is 62.6 Å². The number of likely N-dealkylation sites (tertiary alicyclic amines) is 1. The Morgan fingerprint density at radius 3 is 2.34 bits per heavy atom. The predicted molar refractivity (Wildman–Crippen MR) is 296 cm³/mol. The number of fused-ring (bicyclic) bond motifs is 2. The maximum absolute atomic E-state index is 14.9. The summed E-state index contributed by atoms with van der Waals surface area (Å²) in [6.07, 6.45) is 11.2. The van der Waals surface area contributed by atoms with Gasteiger partial charge in [-0.05, 0) is 122 Å². The highest BCUT2D eigenvalue weighted by Gasteiger charge is 2.46. The molecule has 3 fully saturated rings. The molecular weight excluding hydrogens is 1030 g/mol. The van der Waals surface area contributed by atoms with E-state index in [1.165, 1.54) is 31.4 Å². The van der Waals surface area contributed by atoms with Crippen LogP contribution in [0.2, 0.25) is 0 Å². The first-order valence-electron chi connectivity index (χ1n) is 27.5. The Hall–Kier alpha value is -7.43. The van der Waals surface area contributed by atoms with E-state index in [0.717, 1.165) is 65.8 Å². The van der Waals surface area contributed by atoms with Gasteiger partial charge in [0.05, 0.1) is 35.3 Å². The third-order valence-electron chi connectivity index (χ3n) is 16.4. The molecule has 0 bridgehead atoms. The number of benzene rings is 2. The number of likely N-dealkylation sites (N-methyl/N-ethyl adjacent to an activating group) is 1. The van der Waals surface area contributed by atoms with Gasteiger partial charge in [0.2, 0.25) is 17.7 Å². The van der Waals surface area contributed by atoms with Gasteiger partial charge in [0.1, 0.15) is 52.4 Å². The Morgan fingerprint density at radius 2 is 1.66 bits per heavy atom. The number of carbonyl (C=O) groups is 5. The monoisotopic (exact) mass is 1100 g/mol. The van der Waals surface area contributed by atoms with E-state index in [1.807, 2.05) is 32.0 Å². The molecule has 2 aliphatic carbocycles. The molecule has 2 saturated heterocycles. The number of aromatic amines is 1. The van der Waals surface area contributed by atoms with Gasteiger partial charge in [-0.2, -0.15) is 5.10 Å². The van der Waals surface area contributed by atoms with Crippen LogP contribution in [0, 0.1) is 25.7 Å². The Morgan fingerprint density at radius 1 is 0.911 bits per heavy atom. The number of anilines is 3. The van der Waals surface area contributed by atoms with Crippen molar-refractivity contribution in [1.82, 2.24) is 55.9 Å². The normalized spacial score (nSPS) is 20.0. The first-order chi connectivity index (χ1) is 37.7. The van der Waals surface area contributed by atoms with Crippen LogP contribution in [0.3, 0.4) is 0 Å². The minimum absolute atomic E-state index is 0.00872. The lowest BCUT2D eigenvalue weighted by molar-refractivity contribution is -0.143. The Bertz CT molecular complexity index is 3190. The van der Waals surface area contributed by atoms with Crippen LogP contribution in [0.15, 0.2) is 60.0 Å². The zero-order valence-corrected chi connectivity index (χ0v) is 46.9. The number of amides is 5. The first kappa shape index (κ1) is 56.3. The number of hydrogen-bond donors (Lipinski definition) is 6. The lowest BCUT2D eigenvalue weighted by atomic mass is 9.83. The van der Waals surface area contributed by atoms with Crippen LogP contribution < -0.4 is 30.9 Å². The van der Waals surface area contributed by atoms with Gasteiger partial charge in [0, 0.05) is 55.4 Å². The zero-order valence-electron chi connectivity index (χ0n) is 46.0. The number of hydrogen-bond acceptors (Lipinski definition) is 15. The summed E-state index contributed by atoms with van der Waals surface area (Å²) in [5.74, 6) is -0.328. The van der Waals surface area contributed by atoms with Crippen LogP contribution in [-0.4, -0.2) is 145 Å². The average molecular weight is 1100 g/mol. The van der Waals surface area contributed by atoms with E-state index in [-0.39, 0.29) is 59.7 Å². The minimum Gasteiger partial charge on any atom is -0.492 e. The van der Waals surface area contributed by atoms with Crippen molar-refractivity contribution in [2.45, 2.75) is 152 Å². The Labute approximate surface area is 460 Å². The van der Waals surface area contributed by atoms with E-state index in [1.54, 1.807) is 39.1 Å². The van der Waals surface area contributed by atoms with Gasteiger partial charge in [-0.25, -0.2) is 33.1 Å². The van der Waals surface area contributed by atoms with Crippen molar-refractivity contribution >= 4 is 67.9 Å². The maximum Gasteiger partial charge on any atom is 0.407 e. The number of sulfone groups is 1. The molecule has 0 radical (unpaired) electrons. The third-order valence-corrected chi connectivity index (χ3v) is 18.9. The Balaban J connectivity index is 0.859. The number of carboxylic acid groups (broad SMARTS) is 1. The number of aromatic nitrogens is 6. The van der Waals surface area contributed by atoms with E-state index in [0.29, 0.717) is 67.1 Å². The topological polar surface area (TPSA) is 287 Å². The SMILES string of the molecule is Cc1[nH]nc(Nc2ncnc3cc(OCC4CCN(c5cnc(C(=O)N[C@H]6C[C@@H](C(=O)N[C@@H]7CCCc8ccccc87)N(C(=O)[C@@H](NC(=O)C(C)N(C)C(=O)O)C7CCCCC7)C6)cn5)CC4)c(S(=O)(=O)C(C)(C)C)cc23)c1C. The second-order valence-corrected chi connectivity index (χ2v) is 25.3. The second-order valence-electron chi connectivity index (χ2n) is 22.6. The van der Waals surface area contributed by atoms with Gasteiger partial charge in [0.15, 0.2) is 15.7 Å². The summed E-state index contributed by atoms with van der Waals surface area (Å²) in [5.41, 5.74) is 4.54. The molecule has 22 nitrogen and oxygen atoms in total. The summed E-state index contributed by atoms with van der Waals surface area (Å²) >= 11 is 0. The van der Waals surface area contributed by atoms with Crippen molar-refractivity contribution in [2.75, 3.05) is 43.5 Å². The van der Waals surface area contributed by atoms with Crippen LogP contribution in [0.25, 0.3) is 10.9 Å². The number of nitrogens with one attached hydrogen (secondary N) is 5. The van der Waals surface area contributed by atoms with Crippen molar-refractivity contribution in [1.29, 1.82) is 0 Å². The summed E-state index contributed by atoms with van der Waals surface area (Å²) in [5, 5.41) is 29.8. The van der Waals surface area contributed by atoms with Gasteiger partial charge in [-0.3, -0.25) is 29.2 Å². The molecule has 5 amide bonds. The molecule has 5 atom stereocenters. The quantitative estimate of drug-likeness (QED) is 0.0630. The molecule has 6 N–H and O–H groups in total.